The molecule has 6 rings (SSSR count). The van der Waals surface area contributed by atoms with Gasteiger partial charge in [-0.05, 0) is 72.2 Å². The van der Waals surface area contributed by atoms with Crippen molar-refractivity contribution in [2.24, 2.45) is 5.41 Å². The first kappa shape index (κ1) is 31.2. The molecule has 0 saturated carbocycles. The minimum Gasteiger partial charge on any atom is -0.475 e. The van der Waals surface area contributed by atoms with Crippen molar-refractivity contribution in [2.45, 2.75) is 65.1 Å². The van der Waals surface area contributed by atoms with E-state index in [0.717, 1.165) is 27.8 Å². The van der Waals surface area contributed by atoms with Crippen LogP contribution >= 0.6 is 0 Å². The molecule has 2 amide bonds. The number of carbonyl (C=O) groups excluding carboxylic acids is 2. The van der Waals surface area contributed by atoms with Gasteiger partial charge in [-0.15, -0.1) is 0 Å². The zero-order chi connectivity index (χ0) is 32.8. The second-order valence-corrected chi connectivity index (χ2v) is 14.8. The van der Waals surface area contributed by atoms with Crippen LogP contribution < -0.4 is 14.8 Å². The maximum Gasteiger partial charge on any atom is 0.264 e. The summed E-state index contributed by atoms with van der Waals surface area (Å²) in [5.41, 5.74) is 5.58. The zero-order valence-electron chi connectivity index (χ0n) is 26.5. The zero-order valence-corrected chi connectivity index (χ0v) is 27.4. The number of hydrogen-bond donors (Lipinski definition) is 2. The predicted octanol–water partition coefficient (Wildman–Crippen LogP) is 5.64. The summed E-state index contributed by atoms with van der Waals surface area (Å²) in [6.07, 6.45) is 0.572. The molecule has 3 aromatic carbocycles. The van der Waals surface area contributed by atoms with Crippen molar-refractivity contribution in [1.29, 1.82) is 0 Å². The first-order valence-electron chi connectivity index (χ1n) is 15.2. The third kappa shape index (κ3) is 6.46. The Balaban J connectivity index is 1.49. The molecular weight excluding hydrogens is 602 g/mol. The van der Waals surface area contributed by atoms with Crippen molar-refractivity contribution < 1.29 is 22.7 Å². The summed E-state index contributed by atoms with van der Waals surface area (Å²) in [7, 11) is -4.18. The van der Waals surface area contributed by atoms with Gasteiger partial charge >= 0.3 is 0 Å². The summed E-state index contributed by atoms with van der Waals surface area (Å²) in [6, 6.07) is 18.7. The van der Waals surface area contributed by atoms with Crippen molar-refractivity contribution in [3.8, 4) is 17.1 Å². The van der Waals surface area contributed by atoms with E-state index in [1.165, 1.54) is 12.1 Å². The van der Waals surface area contributed by atoms with Gasteiger partial charge in [-0.2, -0.15) is 4.98 Å². The van der Waals surface area contributed by atoms with Gasteiger partial charge < -0.3 is 15.0 Å². The molecule has 1 atom stereocenters. The second-order valence-electron chi connectivity index (χ2n) is 13.2. The average Bonchev–Trinajstić information content (AvgIpc) is 3.36. The number of nitrogens with one attached hydrogen (secondary N) is 2. The smallest absolute Gasteiger partial charge is 0.264 e. The number of amides is 2. The van der Waals surface area contributed by atoms with Crippen LogP contribution in [-0.2, 0) is 23.1 Å². The molecule has 10 nitrogen and oxygen atoms in total. The Hall–Kier alpha value is -4.77. The topological polar surface area (TPSA) is 131 Å². The minimum absolute atomic E-state index is 0.0868. The average molecular weight is 640 g/mol. The fourth-order valence-corrected chi connectivity index (χ4v) is 7.09. The molecule has 46 heavy (non-hydrogen) atoms. The summed E-state index contributed by atoms with van der Waals surface area (Å²) in [5.74, 6) is -0.455. The van der Waals surface area contributed by atoms with Crippen molar-refractivity contribution in [3.05, 3.63) is 100 Å². The first-order valence-corrected chi connectivity index (χ1v) is 16.7. The normalized spacial score (nSPS) is 17.5. The first-order chi connectivity index (χ1) is 21.8. The summed E-state index contributed by atoms with van der Waals surface area (Å²) in [4.78, 5) is 37.5. The monoisotopic (exact) mass is 639 g/mol. The van der Waals surface area contributed by atoms with Crippen LogP contribution in [-0.4, -0.2) is 47.7 Å². The largest absolute Gasteiger partial charge is 0.475 e. The quantitative estimate of drug-likeness (QED) is 0.295. The van der Waals surface area contributed by atoms with Crippen LogP contribution in [0.5, 0.6) is 5.88 Å². The van der Waals surface area contributed by atoms with Crippen LogP contribution in [0.3, 0.4) is 0 Å². The molecule has 0 spiro atoms. The van der Waals surface area contributed by atoms with Gasteiger partial charge in [0.1, 0.15) is 6.61 Å². The van der Waals surface area contributed by atoms with E-state index in [2.05, 4.69) is 40.8 Å². The molecule has 4 bridgehead atoms. The molecular formula is C35H37N5O5S. The lowest BCUT2D eigenvalue weighted by Crippen LogP contribution is -2.45. The Kier molecular flexibility index (Phi) is 8.05. The van der Waals surface area contributed by atoms with Crippen molar-refractivity contribution >= 4 is 27.8 Å². The highest BCUT2D eigenvalue weighted by Gasteiger charge is 2.32. The summed E-state index contributed by atoms with van der Waals surface area (Å²) in [5, 5.41) is 2.84. The number of fused-ring (bicyclic) bond motifs is 5. The van der Waals surface area contributed by atoms with E-state index in [4.69, 9.17) is 4.74 Å². The summed E-state index contributed by atoms with van der Waals surface area (Å²) in [6.45, 7) is 11.0. The van der Waals surface area contributed by atoms with Gasteiger partial charge in [0.15, 0.2) is 0 Å². The van der Waals surface area contributed by atoms with Gasteiger partial charge in [0.25, 0.3) is 21.8 Å². The number of ether oxygens (including phenoxy) is 1. The standard InChI is InChI=1S/C35H37N5O5S/c1-21-8-6-9-22(2)31(21)29-16-30-38-34(37-29)39-46(43,44)27-11-7-10-24(15-27)33(42)40(26(20-45-30)17-35(3,4)5)19-23-12-13-25-18-36-32(41)28(25)14-23/h6-16,26H,17-20H2,1-5H3,(H,36,41)(H,37,38,39)/t26-/m1/s1. The van der Waals surface area contributed by atoms with Crippen LogP contribution in [0.25, 0.3) is 11.3 Å². The number of anilines is 1. The highest BCUT2D eigenvalue weighted by Crippen LogP contribution is 2.32. The number of sulfonamides is 1. The number of nitrogens with zero attached hydrogens (tertiary/aromatic N) is 3. The lowest BCUT2D eigenvalue weighted by Gasteiger charge is -2.36. The molecule has 0 fully saturated rings. The molecule has 1 aromatic heterocycles. The van der Waals surface area contributed by atoms with E-state index in [9.17, 15) is 18.0 Å². The van der Waals surface area contributed by atoms with Crippen LogP contribution in [0.4, 0.5) is 5.95 Å². The summed E-state index contributed by atoms with van der Waals surface area (Å²) >= 11 is 0. The maximum atomic E-state index is 14.4. The van der Waals surface area contributed by atoms with E-state index in [1.54, 1.807) is 23.1 Å². The van der Waals surface area contributed by atoms with E-state index >= 15 is 0 Å². The molecule has 0 aliphatic carbocycles. The second kappa shape index (κ2) is 11.9. The summed E-state index contributed by atoms with van der Waals surface area (Å²) < 4.78 is 36.1. The molecule has 2 aliphatic heterocycles. The SMILES string of the molecule is Cc1cccc(C)c1-c1cc2nc(n1)NS(=O)(=O)c1cccc(c1)C(=O)N(Cc1ccc3c(c1)C(=O)NC3)[C@H](CC(C)(C)C)CO2. The number of carbonyl (C=O) groups is 2. The molecule has 0 unspecified atom stereocenters. The number of aromatic nitrogens is 2. The maximum absolute atomic E-state index is 14.4. The fraction of sp³-hybridized carbons (Fsp3) is 0.314. The molecule has 4 aromatic rings. The van der Waals surface area contributed by atoms with Gasteiger partial charge in [0.05, 0.1) is 16.6 Å². The molecule has 238 valence electrons. The van der Waals surface area contributed by atoms with E-state index < -0.39 is 16.1 Å². The van der Waals surface area contributed by atoms with Crippen LogP contribution in [0.15, 0.2) is 71.6 Å². The molecule has 0 saturated heterocycles. The Bertz CT molecular complexity index is 1950. The van der Waals surface area contributed by atoms with Crippen LogP contribution in [0.1, 0.15) is 70.2 Å². The minimum atomic E-state index is -4.18. The van der Waals surface area contributed by atoms with Gasteiger partial charge in [0, 0.05) is 35.8 Å². The molecule has 0 radical (unpaired) electrons. The van der Waals surface area contributed by atoms with E-state index in [1.807, 2.05) is 50.2 Å². The molecule has 3 heterocycles. The Labute approximate surface area is 269 Å². The third-order valence-electron chi connectivity index (χ3n) is 8.24. The van der Waals surface area contributed by atoms with Crippen molar-refractivity contribution in [1.82, 2.24) is 20.2 Å². The Morgan fingerprint density at radius 1 is 0.957 bits per heavy atom. The Morgan fingerprint density at radius 2 is 1.70 bits per heavy atom. The van der Waals surface area contributed by atoms with E-state index in [0.29, 0.717) is 24.2 Å². The highest BCUT2D eigenvalue weighted by atomic mass is 32.2. The predicted molar refractivity (Wildman–Crippen MR) is 175 cm³/mol. The van der Waals surface area contributed by atoms with Gasteiger partial charge in [-0.25, -0.2) is 18.1 Å². The van der Waals surface area contributed by atoms with Crippen molar-refractivity contribution in [2.75, 3.05) is 11.3 Å². The van der Waals surface area contributed by atoms with Crippen LogP contribution in [0, 0.1) is 19.3 Å². The molecule has 2 N–H and O–H groups in total. The van der Waals surface area contributed by atoms with Gasteiger partial charge in [0.2, 0.25) is 11.8 Å². The van der Waals surface area contributed by atoms with Gasteiger partial charge in [-0.3, -0.25) is 9.59 Å². The van der Waals surface area contributed by atoms with Crippen LogP contribution in [0.2, 0.25) is 0 Å². The van der Waals surface area contributed by atoms with Crippen molar-refractivity contribution in [3.63, 3.8) is 0 Å². The number of aryl methyl sites for hydroxylation is 2. The molecule has 11 heteroatoms. The van der Waals surface area contributed by atoms with E-state index in [-0.39, 0.29) is 52.7 Å². The molecule has 2 aliphatic rings. The lowest BCUT2D eigenvalue weighted by atomic mass is 9.87. The highest BCUT2D eigenvalue weighted by molar-refractivity contribution is 7.92. The number of hydrogen-bond acceptors (Lipinski definition) is 7. The lowest BCUT2D eigenvalue weighted by molar-refractivity contribution is 0.0513. The third-order valence-corrected chi connectivity index (χ3v) is 9.57. The number of rotatable bonds is 4. The number of benzene rings is 3. The fourth-order valence-electron chi connectivity index (χ4n) is 6.10. The van der Waals surface area contributed by atoms with Gasteiger partial charge in [-0.1, -0.05) is 57.2 Å². The Morgan fingerprint density at radius 3 is 2.43 bits per heavy atom.